The average molecular weight is 561 g/mol. The first-order chi connectivity index (χ1) is 19.1. The van der Waals surface area contributed by atoms with Crippen molar-refractivity contribution in [1.82, 2.24) is 0 Å². The van der Waals surface area contributed by atoms with E-state index in [2.05, 4.69) is 50.9 Å². The standard InChI is InChI=1S/C18H21NO2.C12H13F.C5H11NO/c1-13-6-4-5-7-17(13)18-11-10-15(14(2)21-19)8-9-16(18)12-20-3;1-8(2)10-5-6-11(9(3)4)12(13)7-10;1-5(2,3)4(6)7/h4-11,16H,2,12,19H2,1,3H3;5-7H,1,3H2,2,4H3;1-3H3,(H2,6,7). The summed E-state index contributed by atoms with van der Waals surface area (Å²) in [6.45, 7) is 23.0. The molecular formula is C35H45FN2O3. The van der Waals surface area contributed by atoms with Gasteiger partial charge in [0.1, 0.15) is 11.6 Å². The summed E-state index contributed by atoms with van der Waals surface area (Å²) >= 11 is 0. The molecule has 6 heteroatoms. The van der Waals surface area contributed by atoms with Crippen LogP contribution in [0.25, 0.3) is 16.7 Å². The first kappa shape index (κ1) is 35.0. The van der Waals surface area contributed by atoms with Gasteiger partial charge in [0.05, 0.1) is 6.61 Å². The van der Waals surface area contributed by atoms with E-state index in [1.165, 1.54) is 22.8 Å². The molecule has 41 heavy (non-hydrogen) atoms. The molecule has 0 radical (unpaired) electrons. The summed E-state index contributed by atoms with van der Waals surface area (Å²) in [4.78, 5) is 15.0. The molecular weight excluding hydrogens is 515 g/mol. The largest absolute Gasteiger partial charge is 0.412 e. The Labute approximate surface area is 245 Å². The Bertz CT molecular complexity index is 1340. The van der Waals surface area contributed by atoms with Gasteiger partial charge in [-0.2, -0.15) is 5.90 Å². The van der Waals surface area contributed by atoms with Gasteiger partial charge in [-0.15, -0.1) is 0 Å². The average Bonchev–Trinajstić information content (AvgIpc) is 3.11. The molecule has 4 N–H and O–H groups in total. The number of rotatable bonds is 7. The number of benzene rings is 2. The number of hydrogen-bond donors (Lipinski definition) is 2. The van der Waals surface area contributed by atoms with Crippen LogP contribution in [0.15, 0.2) is 97.8 Å². The van der Waals surface area contributed by atoms with Crippen molar-refractivity contribution in [3.05, 3.63) is 126 Å². The summed E-state index contributed by atoms with van der Waals surface area (Å²) in [5.41, 5.74) is 12.1. The molecule has 1 aliphatic carbocycles. The molecule has 220 valence electrons. The van der Waals surface area contributed by atoms with Crippen LogP contribution in [0, 0.1) is 24.1 Å². The van der Waals surface area contributed by atoms with Gasteiger partial charge in [-0.1, -0.05) is 107 Å². The molecule has 1 unspecified atom stereocenters. The summed E-state index contributed by atoms with van der Waals surface area (Å²) in [5, 5.41) is 0. The van der Waals surface area contributed by atoms with E-state index in [1.807, 2.05) is 37.3 Å². The van der Waals surface area contributed by atoms with Gasteiger partial charge < -0.3 is 15.3 Å². The SMILES string of the molecule is C=C(C)c1ccc(C(=C)C)c(F)c1.C=C(ON)C1=CC=C(c2ccccc2C)C(COC)C=C1.CC(C)(C)C(N)=O. The van der Waals surface area contributed by atoms with Crippen molar-refractivity contribution in [3.8, 4) is 0 Å². The fourth-order valence-corrected chi connectivity index (χ4v) is 3.57. The van der Waals surface area contributed by atoms with Gasteiger partial charge in [0.2, 0.25) is 5.91 Å². The highest BCUT2D eigenvalue weighted by Gasteiger charge is 2.17. The first-order valence-corrected chi connectivity index (χ1v) is 13.3. The Morgan fingerprint density at radius 3 is 2.10 bits per heavy atom. The lowest BCUT2D eigenvalue weighted by molar-refractivity contribution is -0.125. The number of amides is 1. The van der Waals surface area contributed by atoms with Crippen LogP contribution in [-0.4, -0.2) is 19.6 Å². The van der Waals surface area contributed by atoms with Crippen molar-refractivity contribution >= 4 is 22.6 Å². The van der Waals surface area contributed by atoms with Crippen LogP contribution in [0.5, 0.6) is 0 Å². The van der Waals surface area contributed by atoms with Crippen molar-refractivity contribution in [2.45, 2.75) is 41.5 Å². The van der Waals surface area contributed by atoms with E-state index in [4.69, 9.17) is 21.2 Å². The van der Waals surface area contributed by atoms with Gasteiger partial charge in [-0.3, -0.25) is 4.79 Å². The van der Waals surface area contributed by atoms with Crippen LogP contribution in [0.2, 0.25) is 0 Å². The summed E-state index contributed by atoms with van der Waals surface area (Å²) in [6.07, 6.45) is 8.14. The highest BCUT2D eigenvalue weighted by molar-refractivity contribution is 5.79. The Morgan fingerprint density at radius 1 is 1.02 bits per heavy atom. The molecule has 0 heterocycles. The van der Waals surface area contributed by atoms with Crippen molar-refractivity contribution in [2.24, 2.45) is 23.0 Å². The minimum atomic E-state index is -0.361. The summed E-state index contributed by atoms with van der Waals surface area (Å²) in [7, 11) is 1.71. The van der Waals surface area contributed by atoms with Crippen molar-refractivity contribution < 1.29 is 18.8 Å². The van der Waals surface area contributed by atoms with Gasteiger partial charge in [0.25, 0.3) is 0 Å². The van der Waals surface area contributed by atoms with Crippen LogP contribution in [0.1, 0.15) is 56.9 Å². The zero-order valence-electron chi connectivity index (χ0n) is 25.5. The number of hydrogen-bond acceptors (Lipinski definition) is 4. The lowest BCUT2D eigenvalue weighted by Crippen LogP contribution is -2.27. The number of allylic oxidation sites excluding steroid dienone is 5. The van der Waals surface area contributed by atoms with Gasteiger partial charge >= 0.3 is 0 Å². The number of ether oxygens (including phenoxy) is 1. The summed E-state index contributed by atoms with van der Waals surface area (Å²) in [5.74, 6) is 5.34. The van der Waals surface area contributed by atoms with Crippen LogP contribution >= 0.6 is 0 Å². The number of halogens is 1. The van der Waals surface area contributed by atoms with Gasteiger partial charge in [-0.25, -0.2) is 4.39 Å². The lowest BCUT2D eigenvalue weighted by atomic mass is 9.90. The van der Waals surface area contributed by atoms with E-state index in [0.29, 0.717) is 17.9 Å². The highest BCUT2D eigenvalue weighted by atomic mass is 19.1. The number of nitrogens with two attached hydrogens (primary N) is 2. The Hall–Kier alpha value is -4.00. The number of methoxy groups -OCH3 is 1. The minimum Gasteiger partial charge on any atom is -0.412 e. The Kier molecular flexibility index (Phi) is 13.9. The van der Waals surface area contributed by atoms with E-state index >= 15 is 0 Å². The van der Waals surface area contributed by atoms with Gasteiger partial charge in [-0.05, 0) is 54.7 Å². The quantitative estimate of drug-likeness (QED) is 0.266. The molecule has 0 saturated carbocycles. The van der Waals surface area contributed by atoms with E-state index < -0.39 is 0 Å². The third-order valence-electron chi connectivity index (χ3n) is 6.28. The number of carbonyl (C=O) groups excluding carboxylic acids is 1. The zero-order chi connectivity index (χ0) is 31.3. The molecule has 1 aliphatic rings. The highest BCUT2D eigenvalue weighted by Crippen LogP contribution is 2.31. The molecule has 0 aliphatic heterocycles. The Balaban J connectivity index is 0.000000357. The van der Waals surface area contributed by atoms with Crippen molar-refractivity contribution in [1.29, 1.82) is 0 Å². The maximum absolute atomic E-state index is 13.4. The maximum Gasteiger partial charge on any atom is 0.222 e. The van der Waals surface area contributed by atoms with Crippen LogP contribution in [0.3, 0.4) is 0 Å². The third-order valence-corrected chi connectivity index (χ3v) is 6.28. The number of aryl methyl sites for hydroxylation is 1. The monoisotopic (exact) mass is 560 g/mol. The molecule has 1 amide bonds. The van der Waals surface area contributed by atoms with E-state index in [0.717, 1.165) is 22.3 Å². The number of carbonyl (C=O) groups is 1. The zero-order valence-corrected chi connectivity index (χ0v) is 25.5. The predicted molar refractivity (Wildman–Crippen MR) is 171 cm³/mol. The predicted octanol–water partition coefficient (Wildman–Crippen LogP) is 7.95. The lowest BCUT2D eigenvalue weighted by Gasteiger charge is -2.17. The molecule has 2 aromatic rings. The van der Waals surface area contributed by atoms with Crippen LogP contribution in [-0.2, 0) is 14.4 Å². The molecule has 0 fully saturated rings. The third kappa shape index (κ3) is 11.2. The Morgan fingerprint density at radius 2 is 1.63 bits per heavy atom. The number of primary amides is 1. The maximum atomic E-state index is 13.4. The van der Waals surface area contributed by atoms with Gasteiger partial charge in [0, 0.05) is 29.6 Å². The van der Waals surface area contributed by atoms with Crippen molar-refractivity contribution in [2.75, 3.05) is 13.7 Å². The van der Waals surface area contributed by atoms with Crippen molar-refractivity contribution in [3.63, 3.8) is 0 Å². The minimum absolute atomic E-state index is 0.176. The molecule has 0 spiro atoms. The second kappa shape index (κ2) is 16.3. The summed E-state index contributed by atoms with van der Waals surface area (Å²) in [6, 6.07) is 13.4. The van der Waals surface area contributed by atoms with E-state index in [9.17, 15) is 9.18 Å². The van der Waals surface area contributed by atoms with E-state index in [-0.39, 0.29) is 23.1 Å². The van der Waals surface area contributed by atoms with Gasteiger partial charge in [0.15, 0.2) is 0 Å². The normalized spacial score (nSPS) is 14.1. The fourth-order valence-electron chi connectivity index (χ4n) is 3.57. The smallest absolute Gasteiger partial charge is 0.222 e. The first-order valence-electron chi connectivity index (χ1n) is 13.3. The molecule has 0 bridgehead atoms. The molecule has 0 saturated heterocycles. The molecule has 5 nitrogen and oxygen atoms in total. The molecule has 1 atom stereocenters. The second-order valence-corrected chi connectivity index (χ2v) is 10.9. The second-order valence-electron chi connectivity index (χ2n) is 10.9. The van der Waals surface area contributed by atoms with Crippen LogP contribution in [0.4, 0.5) is 4.39 Å². The summed E-state index contributed by atoms with van der Waals surface area (Å²) < 4.78 is 18.7. The molecule has 0 aromatic heterocycles. The van der Waals surface area contributed by atoms with E-state index in [1.54, 1.807) is 40.9 Å². The molecule has 3 rings (SSSR count). The van der Waals surface area contributed by atoms with Crippen LogP contribution < -0.4 is 11.6 Å². The molecule has 2 aromatic carbocycles. The fraction of sp³-hybridized carbons (Fsp3) is 0.286. The topological polar surface area (TPSA) is 87.6 Å².